The maximum Gasteiger partial charge on any atom is 0.0291 e. The van der Waals surface area contributed by atoms with Crippen LogP contribution in [0.2, 0.25) is 0 Å². The maximum absolute atomic E-state index is 3.70. The second-order valence-electron chi connectivity index (χ2n) is 6.13. The minimum Gasteiger partial charge on any atom is -0.310 e. The topological polar surface area (TPSA) is 12.0 Å². The second kappa shape index (κ2) is 8.26. The summed E-state index contributed by atoms with van der Waals surface area (Å²) in [6, 6.07) is 9.65. The summed E-state index contributed by atoms with van der Waals surface area (Å²) in [7, 11) is 0. The van der Waals surface area contributed by atoms with Crippen LogP contribution in [0, 0.1) is 5.92 Å². The first-order valence-electron chi connectivity index (χ1n) is 8.26. The summed E-state index contributed by atoms with van der Waals surface area (Å²) in [4.78, 5) is 0. The molecule has 2 unspecified atom stereocenters. The standard InChI is InChI=1S/C19H29N/c1-3-4-8-17-11-13-19(14-12-17)16(2)20-15-18-9-6-5-7-10-18/h5-6,11-14,16,18,20H,3-4,7-10,15H2,1-2H3. The summed E-state index contributed by atoms with van der Waals surface area (Å²) < 4.78 is 0. The summed E-state index contributed by atoms with van der Waals surface area (Å²) in [6.07, 6.45) is 12.3. The first kappa shape index (κ1) is 15.3. The molecule has 2 rings (SSSR count). The van der Waals surface area contributed by atoms with Crippen LogP contribution in [-0.2, 0) is 6.42 Å². The van der Waals surface area contributed by atoms with Gasteiger partial charge in [0.05, 0.1) is 0 Å². The van der Waals surface area contributed by atoms with Gasteiger partial charge in [-0.25, -0.2) is 0 Å². The molecule has 0 aliphatic heterocycles. The van der Waals surface area contributed by atoms with Gasteiger partial charge < -0.3 is 5.32 Å². The van der Waals surface area contributed by atoms with Crippen LogP contribution in [0.15, 0.2) is 36.4 Å². The van der Waals surface area contributed by atoms with E-state index >= 15 is 0 Å². The highest BCUT2D eigenvalue weighted by Crippen LogP contribution is 2.19. The van der Waals surface area contributed by atoms with Crippen molar-refractivity contribution < 1.29 is 0 Å². The lowest BCUT2D eigenvalue weighted by Gasteiger charge is -2.21. The van der Waals surface area contributed by atoms with Gasteiger partial charge in [-0.2, -0.15) is 0 Å². The predicted molar refractivity (Wildman–Crippen MR) is 88.0 cm³/mol. The molecular weight excluding hydrogens is 242 g/mol. The summed E-state index contributed by atoms with van der Waals surface area (Å²) in [5, 5.41) is 3.70. The van der Waals surface area contributed by atoms with Crippen molar-refractivity contribution in [1.82, 2.24) is 5.32 Å². The highest BCUT2D eigenvalue weighted by Gasteiger charge is 2.12. The molecule has 0 saturated carbocycles. The van der Waals surface area contributed by atoms with E-state index in [9.17, 15) is 0 Å². The SMILES string of the molecule is CCCCc1ccc(C(C)NCC2CC=CCC2)cc1. The molecule has 110 valence electrons. The van der Waals surface area contributed by atoms with E-state index < -0.39 is 0 Å². The Labute approximate surface area is 124 Å². The molecule has 0 saturated heterocycles. The van der Waals surface area contributed by atoms with E-state index in [1.165, 1.54) is 49.7 Å². The van der Waals surface area contributed by atoms with Crippen LogP contribution in [0.4, 0.5) is 0 Å². The molecule has 1 aromatic carbocycles. The summed E-state index contributed by atoms with van der Waals surface area (Å²) in [6.45, 7) is 5.67. The first-order chi connectivity index (χ1) is 9.79. The van der Waals surface area contributed by atoms with Crippen LogP contribution in [0.1, 0.15) is 63.1 Å². The van der Waals surface area contributed by atoms with Gasteiger partial charge >= 0.3 is 0 Å². The Bertz CT molecular complexity index is 404. The third kappa shape index (κ3) is 4.79. The molecule has 1 heteroatoms. The van der Waals surface area contributed by atoms with Crippen LogP contribution in [0.25, 0.3) is 0 Å². The molecule has 1 aromatic rings. The molecule has 0 bridgehead atoms. The third-order valence-electron chi connectivity index (χ3n) is 4.39. The Morgan fingerprint density at radius 1 is 1.20 bits per heavy atom. The average molecular weight is 271 g/mol. The zero-order valence-electron chi connectivity index (χ0n) is 13.1. The van der Waals surface area contributed by atoms with Gasteiger partial charge in [0.15, 0.2) is 0 Å². The van der Waals surface area contributed by atoms with Crippen LogP contribution < -0.4 is 5.32 Å². The van der Waals surface area contributed by atoms with Gasteiger partial charge in [-0.3, -0.25) is 0 Å². The Morgan fingerprint density at radius 2 is 2.00 bits per heavy atom. The van der Waals surface area contributed by atoms with Gasteiger partial charge in [0.2, 0.25) is 0 Å². The van der Waals surface area contributed by atoms with Crippen LogP contribution in [-0.4, -0.2) is 6.54 Å². The smallest absolute Gasteiger partial charge is 0.0291 e. The molecule has 1 aliphatic carbocycles. The van der Waals surface area contributed by atoms with Gasteiger partial charge in [0, 0.05) is 6.04 Å². The van der Waals surface area contributed by atoms with Crippen molar-refractivity contribution in [3.63, 3.8) is 0 Å². The molecular formula is C19H29N. The van der Waals surface area contributed by atoms with Crippen molar-refractivity contribution in [2.75, 3.05) is 6.54 Å². The zero-order valence-corrected chi connectivity index (χ0v) is 13.1. The van der Waals surface area contributed by atoms with Crippen molar-refractivity contribution in [3.05, 3.63) is 47.5 Å². The molecule has 2 atom stereocenters. The number of aryl methyl sites for hydroxylation is 1. The molecule has 0 aromatic heterocycles. The van der Waals surface area contributed by atoms with E-state index in [1.54, 1.807) is 0 Å². The van der Waals surface area contributed by atoms with Gasteiger partial charge in [-0.1, -0.05) is 49.8 Å². The zero-order chi connectivity index (χ0) is 14.2. The molecule has 20 heavy (non-hydrogen) atoms. The highest BCUT2D eigenvalue weighted by molar-refractivity contribution is 5.24. The third-order valence-corrected chi connectivity index (χ3v) is 4.39. The Hall–Kier alpha value is -1.08. The molecule has 0 fully saturated rings. The van der Waals surface area contributed by atoms with Crippen molar-refractivity contribution in [2.45, 2.75) is 58.4 Å². The second-order valence-corrected chi connectivity index (χ2v) is 6.13. The Morgan fingerprint density at radius 3 is 2.65 bits per heavy atom. The lowest BCUT2D eigenvalue weighted by molar-refractivity contribution is 0.415. The van der Waals surface area contributed by atoms with Crippen LogP contribution in [0.5, 0.6) is 0 Å². The number of hydrogen-bond donors (Lipinski definition) is 1. The summed E-state index contributed by atoms with van der Waals surface area (Å²) in [5.74, 6) is 0.825. The number of nitrogens with one attached hydrogen (secondary N) is 1. The molecule has 0 amide bonds. The van der Waals surface area contributed by atoms with Gasteiger partial charge in [0.1, 0.15) is 0 Å². The molecule has 1 nitrogen and oxygen atoms in total. The minimum absolute atomic E-state index is 0.459. The van der Waals surface area contributed by atoms with E-state index in [0.717, 1.165) is 12.5 Å². The molecule has 0 spiro atoms. The van der Waals surface area contributed by atoms with Crippen molar-refractivity contribution in [3.8, 4) is 0 Å². The largest absolute Gasteiger partial charge is 0.310 e. The van der Waals surface area contributed by atoms with Crippen molar-refractivity contribution in [1.29, 1.82) is 0 Å². The number of hydrogen-bond acceptors (Lipinski definition) is 1. The van der Waals surface area contributed by atoms with Gasteiger partial charge in [-0.15, -0.1) is 0 Å². The fraction of sp³-hybridized carbons (Fsp3) is 0.579. The fourth-order valence-electron chi connectivity index (χ4n) is 2.86. The summed E-state index contributed by atoms with van der Waals surface area (Å²) >= 11 is 0. The van der Waals surface area contributed by atoms with Crippen molar-refractivity contribution in [2.24, 2.45) is 5.92 Å². The maximum atomic E-state index is 3.70. The van der Waals surface area contributed by atoms with Gasteiger partial charge in [-0.05, 0) is 62.6 Å². The van der Waals surface area contributed by atoms with E-state index in [4.69, 9.17) is 0 Å². The Balaban J connectivity index is 1.79. The van der Waals surface area contributed by atoms with Gasteiger partial charge in [0.25, 0.3) is 0 Å². The number of allylic oxidation sites excluding steroid dienone is 2. The lowest BCUT2D eigenvalue weighted by Crippen LogP contribution is -2.26. The first-order valence-corrected chi connectivity index (χ1v) is 8.26. The normalized spacial score (nSPS) is 20.0. The monoisotopic (exact) mass is 271 g/mol. The van der Waals surface area contributed by atoms with E-state index in [0.29, 0.717) is 6.04 Å². The van der Waals surface area contributed by atoms with E-state index in [1.807, 2.05) is 0 Å². The molecule has 1 aliphatic rings. The van der Waals surface area contributed by atoms with Crippen molar-refractivity contribution >= 4 is 0 Å². The predicted octanol–water partition coefficient (Wildman–Crippen LogP) is 5.04. The minimum atomic E-state index is 0.459. The average Bonchev–Trinajstić information content (AvgIpc) is 2.52. The van der Waals surface area contributed by atoms with Crippen LogP contribution >= 0.6 is 0 Å². The fourth-order valence-corrected chi connectivity index (χ4v) is 2.86. The summed E-state index contributed by atoms with van der Waals surface area (Å²) in [5.41, 5.74) is 2.89. The number of benzene rings is 1. The molecule has 0 radical (unpaired) electrons. The van der Waals surface area contributed by atoms with E-state index in [2.05, 4.69) is 55.6 Å². The van der Waals surface area contributed by atoms with E-state index in [-0.39, 0.29) is 0 Å². The highest BCUT2D eigenvalue weighted by atomic mass is 14.9. The lowest BCUT2D eigenvalue weighted by atomic mass is 9.94. The number of unbranched alkanes of at least 4 members (excludes halogenated alkanes) is 1. The molecule has 1 N–H and O–H groups in total. The number of rotatable bonds is 7. The molecule has 0 heterocycles. The van der Waals surface area contributed by atoms with Crippen LogP contribution in [0.3, 0.4) is 0 Å². The quantitative estimate of drug-likeness (QED) is 0.685. The Kier molecular flexibility index (Phi) is 6.32.